The van der Waals surface area contributed by atoms with E-state index in [-0.39, 0.29) is 12.1 Å². The number of hydrogen-bond acceptors (Lipinski definition) is 3. The molecule has 162 valence electrons. The van der Waals surface area contributed by atoms with E-state index in [1.807, 2.05) is 54.6 Å². The summed E-state index contributed by atoms with van der Waals surface area (Å²) in [5.41, 5.74) is 10.1. The van der Waals surface area contributed by atoms with E-state index in [4.69, 9.17) is 6.57 Å². The molecule has 0 atom stereocenters. The molecule has 4 aromatic carbocycles. The van der Waals surface area contributed by atoms with Crippen molar-refractivity contribution in [1.29, 1.82) is 10.5 Å². The third-order valence-corrected chi connectivity index (χ3v) is 7.38. The van der Waals surface area contributed by atoms with Gasteiger partial charge >= 0.3 is 0 Å². The van der Waals surface area contributed by atoms with E-state index >= 15 is 0 Å². The molecule has 2 aliphatic heterocycles. The second kappa shape index (κ2) is 7.36. The topological polar surface area (TPSA) is 55.2 Å². The van der Waals surface area contributed by atoms with Crippen LogP contribution < -0.4 is 21.3 Å². The molecule has 4 aromatic rings. The summed E-state index contributed by atoms with van der Waals surface area (Å²) in [5, 5.41) is 19.0. The number of nitrogens with zero attached hydrogens (tertiary/aromatic N) is 4. The number of benzene rings is 4. The van der Waals surface area contributed by atoms with Crippen molar-refractivity contribution in [3.63, 3.8) is 0 Å². The van der Waals surface area contributed by atoms with Crippen LogP contribution in [0.2, 0.25) is 0 Å². The average molecular weight is 446 g/mol. The van der Waals surface area contributed by atoms with E-state index in [9.17, 15) is 10.5 Å². The predicted molar refractivity (Wildman–Crippen MR) is 140 cm³/mol. The average Bonchev–Trinajstić information content (AvgIpc) is 2.90. The monoisotopic (exact) mass is 446 g/mol. The molecule has 0 fully saturated rings. The Morgan fingerprint density at radius 2 is 1.51 bits per heavy atom. The Bertz CT molecular complexity index is 1660. The lowest BCUT2D eigenvalue weighted by Crippen LogP contribution is -2.64. The highest BCUT2D eigenvalue weighted by molar-refractivity contribution is 6.99. The lowest BCUT2D eigenvalue weighted by molar-refractivity contribution is 0.649. The Morgan fingerprint density at radius 1 is 0.829 bits per heavy atom. The summed E-state index contributed by atoms with van der Waals surface area (Å²) >= 11 is 0. The van der Waals surface area contributed by atoms with Crippen molar-refractivity contribution in [2.24, 2.45) is 0 Å². The minimum absolute atomic E-state index is 0.0798. The zero-order valence-electron chi connectivity index (χ0n) is 19.4. The number of anilines is 3. The first-order chi connectivity index (χ1) is 17.0. The molecule has 0 radical (unpaired) electrons. The first-order valence-corrected chi connectivity index (χ1v) is 11.5. The minimum atomic E-state index is -0.362. The minimum Gasteiger partial charge on any atom is -0.312 e. The van der Waals surface area contributed by atoms with Crippen LogP contribution in [0.1, 0.15) is 36.1 Å². The molecular formula is C30H19BN4. The van der Waals surface area contributed by atoms with Gasteiger partial charge in [0.05, 0.1) is 29.8 Å². The zero-order chi connectivity index (χ0) is 24.3. The summed E-state index contributed by atoms with van der Waals surface area (Å²) in [6.45, 7) is 12.3. The Kier molecular flexibility index (Phi) is 4.37. The molecule has 0 unspecified atom stereocenters. The van der Waals surface area contributed by atoms with E-state index in [1.54, 1.807) is 0 Å². The lowest BCUT2D eigenvalue weighted by atomic mass is 9.30. The highest BCUT2D eigenvalue weighted by Crippen LogP contribution is 2.45. The number of nitriles is 2. The van der Waals surface area contributed by atoms with Crippen LogP contribution in [0.25, 0.3) is 4.85 Å². The van der Waals surface area contributed by atoms with Crippen molar-refractivity contribution < 1.29 is 0 Å². The Hall–Kier alpha value is -4.79. The van der Waals surface area contributed by atoms with Crippen LogP contribution >= 0.6 is 0 Å². The van der Waals surface area contributed by atoms with Crippen LogP contribution in [-0.4, -0.2) is 6.71 Å². The normalized spacial score (nSPS) is 14.0. The van der Waals surface area contributed by atoms with Crippen LogP contribution in [-0.2, 0) is 5.41 Å². The fraction of sp³-hybridized carbons (Fsp3) is 0.100. The zero-order valence-corrected chi connectivity index (χ0v) is 19.4. The van der Waals surface area contributed by atoms with Crippen molar-refractivity contribution in [2.75, 3.05) is 4.90 Å². The highest BCUT2D eigenvalue weighted by Gasteiger charge is 2.46. The van der Waals surface area contributed by atoms with E-state index in [2.05, 4.69) is 60.0 Å². The van der Waals surface area contributed by atoms with Crippen LogP contribution in [0.15, 0.2) is 78.9 Å². The second-order valence-electron chi connectivity index (χ2n) is 9.53. The number of rotatable bonds is 1. The molecule has 6 rings (SSSR count). The van der Waals surface area contributed by atoms with Gasteiger partial charge in [0.15, 0.2) is 5.69 Å². The molecule has 5 heteroatoms. The Balaban J connectivity index is 1.76. The lowest BCUT2D eigenvalue weighted by Gasteiger charge is -2.46. The predicted octanol–water partition coefficient (Wildman–Crippen LogP) is 4.92. The van der Waals surface area contributed by atoms with Gasteiger partial charge in [0, 0.05) is 22.5 Å². The largest absolute Gasteiger partial charge is 0.312 e. The number of hydrogen-bond donors (Lipinski definition) is 0. The SMILES string of the molecule is [C-]#[N+]c1ccc2c3c1C(C)(C)c1ccccc1B3c1cc(C#N)ccc1N2c1ccc(C#N)cc1. The quantitative estimate of drug-likeness (QED) is 0.271. The summed E-state index contributed by atoms with van der Waals surface area (Å²) in [4.78, 5) is 6.14. The molecule has 4 nitrogen and oxygen atoms in total. The van der Waals surface area contributed by atoms with E-state index in [1.165, 1.54) is 11.0 Å². The molecule has 0 spiro atoms. The molecule has 35 heavy (non-hydrogen) atoms. The van der Waals surface area contributed by atoms with Gasteiger partial charge in [-0.05, 0) is 65.1 Å². The molecule has 0 N–H and O–H groups in total. The molecule has 0 saturated heterocycles. The van der Waals surface area contributed by atoms with Crippen LogP contribution in [0.3, 0.4) is 0 Å². The van der Waals surface area contributed by atoms with Gasteiger partial charge in [0.1, 0.15) is 0 Å². The molecule has 0 aliphatic carbocycles. The molecule has 2 heterocycles. The number of fused-ring (bicyclic) bond motifs is 4. The van der Waals surface area contributed by atoms with Crippen molar-refractivity contribution in [3.8, 4) is 12.1 Å². The summed E-state index contributed by atoms with van der Waals surface area (Å²) < 4.78 is 0. The standard InChI is InChI=1S/C30H19BN4/c1-30(2)22-6-4-5-7-23(22)31-24-16-20(18-33)10-14-26(24)35(21-11-8-19(17-32)9-12-21)27-15-13-25(34-3)28(30)29(27)31/h4-16H,1-2H3. The second-order valence-corrected chi connectivity index (χ2v) is 9.53. The van der Waals surface area contributed by atoms with Gasteiger partial charge in [-0.1, -0.05) is 55.1 Å². The molecule has 0 bridgehead atoms. The van der Waals surface area contributed by atoms with Gasteiger partial charge in [-0.15, -0.1) is 0 Å². The maximum Gasteiger partial charge on any atom is 0.245 e. The fourth-order valence-electron chi connectivity index (χ4n) is 5.92. The van der Waals surface area contributed by atoms with Crippen LogP contribution in [0.4, 0.5) is 22.7 Å². The Labute approximate surface area is 205 Å². The van der Waals surface area contributed by atoms with Gasteiger partial charge in [-0.2, -0.15) is 10.5 Å². The summed E-state index contributed by atoms with van der Waals surface area (Å²) in [5.74, 6) is 0. The molecule has 0 amide bonds. The summed E-state index contributed by atoms with van der Waals surface area (Å²) in [6.07, 6.45) is 0. The van der Waals surface area contributed by atoms with Gasteiger partial charge in [-0.3, -0.25) is 0 Å². The smallest absolute Gasteiger partial charge is 0.245 e. The maximum absolute atomic E-state index is 9.73. The first-order valence-electron chi connectivity index (χ1n) is 11.5. The molecule has 0 saturated carbocycles. The molecular weight excluding hydrogens is 427 g/mol. The summed E-state index contributed by atoms with van der Waals surface area (Å²) in [7, 11) is 0. The van der Waals surface area contributed by atoms with E-state index < -0.39 is 0 Å². The fourth-order valence-corrected chi connectivity index (χ4v) is 5.92. The van der Waals surface area contributed by atoms with Gasteiger partial charge in [0.25, 0.3) is 0 Å². The van der Waals surface area contributed by atoms with Crippen molar-refractivity contribution >= 4 is 45.9 Å². The van der Waals surface area contributed by atoms with Gasteiger partial charge in [0.2, 0.25) is 6.71 Å². The third-order valence-electron chi connectivity index (χ3n) is 7.38. The third kappa shape index (κ3) is 2.78. The molecule has 2 aliphatic rings. The first kappa shape index (κ1) is 20.8. The van der Waals surface area contributed by atoms with E-state index in [0.717, 1.165) is 33.6 Å². The van der Waals surface area contributed by atoms with Crippen LogP contribution in [0.5, 0.6) is 0 Å². The van der Waals surface area contributed by atoms with Crippen LogP contribution in [0, 0.1) is 29.2 Å². The highest BCUT2D eigenvalue weighted by atomic mass is 15.2. The molecule has 0 aromatic heterocycles. The van der Waals surface area contributed by atoms with Crippen molar-refractivity contribution in [2.45, 2.75) is 19.3 Å². The van der Waals surface area contributed by atoms with Gasteiger partial charge in [-0.25, -0.2) is 4.85 Å². The van der Waals surface area contributed by atoms with E-state index in [0.29, 0.717) is 16.8 Å². The maximum atomic E-state index is 9.73. The van der Waals surface area contributed by atoms with Gasteiger partial charge < -0.3 is 4.90 Å². The Morgan fingerprint density at radius 3 is 2.23 bits per heavy atom. The summed E-state index contributed by atoms with van der Waals surface area (Å²) in [6, 6.07) is 30.4. The van der Waals surface area contributed by atoms with Crippen molar-refractivity contribution in [3.05, 3.63) is 113 Å². The van der Waals surface area contributed by atoms with Crippen molar-refractivity contribution in [1.82, 2.24) is 0 Å².